The SMILES string of the molecule is CC1(C)c2cc(-c3ccc4c(c3)sc3cc(-c5c6ccccc6c(-c6c7c(cc8c6oc6cc9ccccc9cc68)-c6ccccc6C7(C)C)c6ccccc56)ccc34)ccc2-c2c1cc(-c1c3ccccc3c(-c3ccc4c(c3)sc3ccccc34)c3ccccc13)c1oc3c4ccccc4ccc3c21. The minimum absolute atomic E-state index is 0.306. The van der Waals surface area contributed by atoms with Crippen molar-refractivity contribution in [2.75, 3.05) is 0 Å². The first-order valence-electron chi connectivity index (χ1n) is 36.9. The van der Waals surface area contributed by atoms with Crippen molar-refractivity contribution >= 4 is 172 Å². The van der Waals surface area contributed by atoms with Gasteiger partial charge in [-0.2, -0.15) is 0 Å². The summed E-state index contributed by atoms with van der Waals surface area (Å²) in [5, 5.41) is 24.2. The Hall–Kier alpha value is -12.4. The average Bonchev–Trinajstić information content (AvgIpc) is 1.54. The molecule has 0 saturated heterocycles. The van der Waals surface area contributed by atoms with Crippen molar-refractivity contribution in [2.24, 2.45) is 0 Å². The molecule has 4 aromatic heterocycles. The molecular weight excluding hydrogens is 1320 g/mol. The highest BCUT2D eigenvalue weighted by molar-refractivity contribution is 7.26. The van der Waals surface area contributed by atoms with Crippen LogP contribution in [0.4, 0.5) is 0 Å². The van der Waals surface area contributed by atoms with Gasteiger partial charge in [0.05, 0.1) is 0 Å². The largest absolute Gasteiger partial charge is 0.455 e. The highest BCUT2D eigenvalue weighted by Crippen LogP contribution is 2.61. The van der Waals surface area contributed by atoms with E-state index in [9.17, 15) is 0 Å². The second-order valence-corrected chi connectivity index (χ2v) is 32.9. The molecule has 0 unspecified atom stereocenters. The molecule has 4 heteroatoms. The maximum absolute atomic E-state index is 7.56. The number of thiophene rings is 2. The summed E-state index contributed by atoms with van der Waals surface area (Å²) < 4.78 is 20.1. The number of hydrogen-bond acceptors (Lipinski definition) is 4. The van der Waals surface area contributed by atoms with Crippen molar-refractivity contribution in [3.8, 4) is 77.9 Å². The fraction of sp³-hybridized carbons (Fsp3) is 0.0588. The van der Waals surface area contributed by atoms with Crippen molar-refractivity contribution in [3.05, 3.63) is 326 Å². The number of rotatable bonds is 5. The van der Waals surface area contributed by atoms with Gasteiger partial charge >= 0.3 is 0 Å². The predicted octanol–water partition coefficient (Wildman–Crippen LogP) is 30.1. The minimum Gasteiger partial charge on any atom is -0.455 e. The molecule has 0 bridgehead atoms. The van der Waals surface area contributed by atoms with E-state index in [4.69, 9.17) is 8.83 Å². The molecule has 4 heterocycles. The van der Waals surface area contributed by atoms with E-state index in [0.717, 1.165) is 49.4 Å². The Bertz CT molecular complexity index is 7660. The summed E-state index contributed by atoms with van der Waals surface area (Å²) in [4.78, 5) is 0. The summed E-state index contributed by atoms with van der Waals surface area (Å²) in [6, 6.07) is 115. The minimum atomic E-state index is -0.376. The molecule has 0 atom stereocenters. The highest BCUT2D eigenvalue weighted by atomic mass is 32.1. The van der Waals surface area contributed by atoms with Crippen LogP contribution in [0.25, 0.3) is 227 Å². The summed E-state index contributed by atoms with van der Waals surface area (Å²) in [5.41, 5.74) is 25.5. The van der Waals surface area contributed by atoms with E-state index in [1.807, 2.05) is 22.7 Å². The van der Waals surface area contributed by atoms with E-state index < -0.39 is 0 Å². The molecule has 0 spiro atoms. The molecule has 24 rings (SSSR count). The zero-order chi connectivity index (χ0) is 69.7. The van der Waals surface area contributed by atoms with Crippen LogP contribution in [0.5, 0.6) is 0 Å². The van der Waals surface area contributed by atoms with Gasteiger partial charge in [-0.15, -0.1) is 22.7 Å². The van der Waals surface area contributed by atoms with Crippen LogP contribution in [0.1, 0.15) is 49.9 Å². The molecule has 2 nitrogen and oxygen atoms in total. The van der Waals surface area contributed by atoms with Gasteiger partial charge in [0.2, 0.25) is 0 Å². The molecule has 18 aromatic carbocycles. The molecule has 2 aliphatic carbocycles. The van der Waals surface area contributed by atoms with E-state index in [-0.39, 0.29) is 10.8 Å². The van der Waals surface area contributed by atoms with Crippen molar-refractivity contribution < 1.29 is 8.83 Å². The van der Waals surface area contributed by atoms with Gasteiger partial charge in [-0.05, 0) is 198 Å². The van der Waals surface area contributed by atoms with Crippen molar-refractivity contribution in [3.63, 3.8) is 0 Å². The monoisotopic (exact) mass is 1380 g/mol. The molecule has 0 fully saturated rings. The van der Waals surface area contributed by atoms with Crippen molar-refractivity contribution in [1.82, 2.24) is 0 Å². The maximum atomic E-state index is 7.56. The fourth-order valence-corrected chi connectivity index (χ4v) is 22.1. The van der Waals surface area contributed by atoms with Gasteiger partial charge in [0.1, 0.15) is 22.3 Å². The predicted molar refractivity (Wildman–Crippen MR) is 454 cm³/mol. The first kappa shape index (κ1) is 59.0. The Kier molecular flexibility index (Phi) is 11.8. The van der Waals surface area contributed by atoms with Crippen LogP contribution >= 0.6 is 22.7 Å². The van der Waals surface area contributed by atoms with Gasteiger partial charge in [-0.3, -0.25) is 0 Å². The van der Waals surface area contributed by atoms with Gasteiger partial charge in [0.15, 0.2) is 0 Å². The summed E-state index contributed by atoms with van der Waals surface area (Å²) in [6.45, 7) is 9.70. The van der Waals surface area contributed by atoms with Gasteiger partial charge in [-0.25, -0.2) is 0 Å². The molecule has 0 aliphatic heterocycles. The quantitative estimate of drug-likeness (QED) is 0.161. The second-order valence-electron chi connectivity index (χ2n) is 30.7. The van der Waals surface area contributed by atoms with E-state index >= 15 is 0 Å². The Balaban J connectivity index is 0.654. The molecule has 2 aliphatic rings. The zero-order valence-electron chi connectivity index (χ0n) is 58.5. The maximum Gasteiger partial charge on any atom is 0.143 e. The third-order valence-electron chi connectivity index (χ3n) is 24.6. The lowest BCUT2D eigenvalue weighted by molar-refractivity contribution is 0.650. The summed E-state index contributed by atoms with van der Waals surface area (Å²) in [7, 11) is 0. The van der Waals surface area contributed by atoms with Crippen LogP contribution in [0.15, 0.2) is 312 Å². The Morgan fingerprint density at radius 1 is 0.226 bits per heavy atom. The second kappa shape index (κ2) is 21.1. The molecule has 106 heavy (non-hydrogen) atoms. The van der Waals surface area contributed by atoms with E-state index in [2.05, 4.69) is 331 Å². The summed E-state index contributed by atoms with van der Waals surface area (Å²) in [6.07, 6.45) is 0. The highest BCUT2D eigenvalue weighted by Gasteiger charge is 2.42. The van der Waals surface area contributed by atoms with Crippen molar-refractivity contribution in [2.45, 2.75) is 38.5 Å². The smallest absolute Gasteiger partial charge is 0.143 e. The van der Waals surface area contributed by atoms with E-state index in [1.54, 1.807) is 0 Å². The number of furan rings is 2. The molecule has 0 N–H and O–H groups in total. The van der Waals surface area contributed by atoms with Gasteiger partial charge in [-0.1, -0.05) is 270 Å². The number of hydrogen-bond donors (Lipinski definition) is 0. The van der Waals surface area contributed by atoms with Gasteiger partial charge < -0.3 is 8.83 Å². The summed E-state index contributed by atoms with van der Waals surface area (Å²) in [5.74, 6) is 0. The molecule has 22 aromatic rings. The first-order valence-corrected chi connectivity index (χ1v) is 38.6. The van der Waals surface area contributed by atoms with Crippen LogP contribution in [0, 0.1) is 0 Å². The van der Waals surface area contributed by atoms with Crippen molar-refractivity contribution in [1.29, 1.82) is 0 Å². The lowest BCUT2D eigenvalue weighted by atomic mass is 9.76. The number of fused-ring (bicyclic) bond motifs is 26. The van der Waals surface area contributed by atoms with Crippen LogP contribution in [-0.4, -0.2) is 0 Å². The molecule has 0 amide bonds. The fourth-order valence-electron chi connectivity index (χ4n) is 19.8. The third kappa shape index (κ3) is 7.89. The zero-order valence-corrected chi connectivity index (χ0v) is 60.1. The third-order valence-corrected chi connectivity index (χ3v) is 26.8. The topological polar surface area (TPSA) is 26.3 Å². The molecular formula is C102H62O2S2. The number of benzene rings is 18. The van der Waals surface area contributed by atoms with Crippen LogP contribution in [-0.2, 0) is 10.8 Å². The molecule has 0 saturated carbocycles. The molecule has 0 radical (unpaired) electrons. The summed E-state index contributed by atoms with van der Waals surface area (Å²) >= 11 is 3.78. The standard InChI is InChI=1S/C102H62O2S2/c1-101(2)83-48-58(39-45-76(83)94-84(101)54-81(100-95(94)77-46-37-55-21-7-8-24-62(55)98(77)104-100)92-72-31-13-9-27-68(72)90(69-28-10-14-32-73(69)92)60-40-43-65-64-26-18-20-36-86(64)105-88(65)51-60)59-38-42-66-67-44-41-61(52-89(67)106-87(66)50-59)91-70-29-11-15-33-74(70)93(75-34-16-12-30-71(75)91)96-97-79(63-25-17-19-35-82(63)102(97,3)4)53-80-78-47-56-22-5-6-23-57(56)49-85(78)103-99(80)96/h5-54H,1-4H3. The Morgan fingerprint density at radius 3 is 1.35 bits per heavy atom. The van der Waals surface area contributed by atoms with Crippen LogP contribution < -0.4 is 0 Å². The lowest BCUT2D eigenvalue weighted by Crippen LogP contribution is -2.16. The van der Waals surface area contributed by atoms with Gasteiger partial charge in [0, 0.05) is 100 Å². The molecule has 494 valence electrons. The van der Waals surface area contributed by atoms with Crippen LogP contribution in [0.2, 0.25) is 0 Å². The van der Waals surface area contributed by atoms with Gasteiger partial charge in [0.25, 0.3) is 0 Å². The Morgan fingerprint density at radius 2 is 0.708 bits per heavy atom. The first-order chi connectivity index (χ1) is 52.1. The normalized spacial score (nSPS) is 13.8. The van der Waals surface area contributed by atoms with Crippen LogP contribution in [0.3, 0.4) is 0 Å². The van der Waals surface area contributed by atoms with E-state index in [1.165, 1.54) is 200 Å². The van der Waals surface area contributed by atoms with E-state index in [0.29, 0.717) is 0 Å². The average molecular weight is 1380 g/mol. The Labute approximate surface area is 617 Å². The lowest BCUT2D eigenvalue weighted by Gasteiger charge is -2.26.